The van der Waals surface area contributed by atoms with Gasteiger partial charge in [-0.05, 0) is 25.5 Å². The second kappa shape index (κ2) is 4.39. The van der Waals surface area contributed by atoms with Crippen LogP contribution in [0.15, 0.2) is 11.4 Å². The molecule has 0 bridgehead atoms. The summed E-state index contributed by atoms with van der Waals surface area (Å²) >= 11 is 6.99. The minimum Gasteiger partial charge on any atom is -0.324 e. The standard InChI is InChI=1S/C11H11ClN2OS/c1-6-3-7(2)13-11-10(6)8(5-16-11)14-9(15)4-12/h3,5H,4H2,1-2H3,(H,14,15). The maximum absolute atomic E-state index is 11.2. The van der Waals surface area contributed by atoms with Crippen molar-refractivity contribution < 1.29 is 4.79 Å². The Kier molecular flexibility index (Phi) is 3.12. The molecule has 0 radical (unpaired) electrons. The van der Waals surface area contributed by atoms with Gasteiger partial charge in [-0.1, -0.05) is 0 Å². The largest absolute Gasteiger partial charge is 0.324 e. The number of nitrogens with one attached hydrogen (secondary N) is 1. The third-order valence-electron chi connectivity index (χ3n) is 2.26. The van der Waals surface area contributed by atoms with Crippen molar-refractivity contribution in [3.63, 3.8) is 0 Å². The van der Waals surface area contributed by atoms with E-state index in [1.54, 1.807) is 0 Å². The van der Waals surface area contributed by atoms with Crippen molar-refractivity contribution >= 4 is 44.7 Å². The van der Waals surface area contributed by atoms with Gasteiger partial charge < -0.3 is 5.32 Å². The highest BCUT2D eigenvalue weighted by atomic mass is 35.5. The van der Waals surface area contributed by atoms with Gasteiger partial charge >= 0.3 is 0 Å². The Labute approximate surface area is 102 Å². The molecule has 0 fully saturated rings. The molecule has 0 atom stereocenters. The van der Waals surface area contributed by atoms with Gasteiger partial charge in [-0.3, -0.25) is 4.79 Å². The average molecular weight is 255 g/mol. The predicted molar refractivity (Wildman–Crippen MR) is 68.4 cm³/mol. The summed E-state index contributed by atoms with van der Waals surface area (Å²) in [5, 5.41) is 5.68. The van der Waals surface area contributed by atoms with Crippen LogP contribution in [0.3, 0.4) is 0 Å². The van der Waals surface area contributed by atoms with Crippen LogP contribution in [0.5, 0.6) is 0 Å². The van der Waals surface area contributed by atoms with Gasteiger partial charge in [0.2, 0.25) is 5.91 Å². The lowest BCUT2D eigenvalue weighted by atomic mass is 10.1. The van der Waals surface area contributed by atoms with Crippen molar-refractivity contribution in [3.8, 4) is 0 Å². The number of carbonyl (C=O) groups excluding carboxylic acids is 1. The summed E-state index contributed by atoms with van der Waals surface area (Å²) in [4.78, 5) is 16.6. The van der Waals surface area contributed by atoms with Gasteiger partial charge in [-0.15, -0.1) is 22.9 Å². The minimum atomic E-state index is -0.193. The van der Waals surface area contributed by atoms with Gasteiger partial charge in [0.15, 0.2) is 0 Å². The van der Waals surface area contributed by atoms with Crippen LogP contribution < -0.4 is 5.32 Å². The molecule has 16 heavy (non-hydrogen) atoms. The normalized spacial score (nSPS) is 10.7. The van der Waals surface area contributed by atoms with Crippen LogP contribution in [-0.2, 0) is 4.79 Å². The molecule has 0 unspecified atom stereocenters. The Morgan fingerprint density at radius 3 is 3.00 bits per heavy atom. The maximum atomic E-state index is 11.2. The van der Waals surface area contributed by atoms with Crippen LogP contribution in [0.25, 0.3) is 10.2 Å². The van der Waals surface area contributed by atoms with Gasteiger partial charge in [-0.25, -0.2) is 4.98 Å². The van der Waals surface area contributed by atoms with Crippen molar-refractivity contribution in [2.45, 2.75) is 13.8 Å². The van der Waals surface area contributed by atoms with Crippen LogP contribution in [0, 0.1) is 13.8 Å². The molecular formula is C11H11ClN2OS. The maximum Gasteiger partial charge on any atom is 0.239 e. The molecular weight excluding hydrogens is 244 g/mol. The zero-order valence-corrected chi connectivity index (χ0v) is 10.6. The van der Waals surface area contributed by atoms with Crippen LogP contribution in [0.2, 0.25) is 0 Å². The molecule has 3 nitrogen and oxygen atoms in total. The topological polar surface area (TPSA) is 42.0 Å². The van der Waals surface area contributed by atoms with Gasteiger partial charge in [-0.2, -0.15) is 0 Å². The van der Waals surface area contributed by atoms with E-state index in [0.29, 0.717) is 0 Å². The molecule has 0 saturated carbocycles. The zero-order valence-electron chi connectivity index (χ0n) is 9.00. The van der Waals surface area contributed by atoms with Crippen LogP contribution in [-0.4, -0.2) is 16.8 Å². The number of hydrogen-bond acceptors (Lipinski definition) is 3. The van der Waals surface area contributed by atoms with Gasteiger partial charge in [0, 0.05) is 16.5 Å². The Morgan fingerprint density at radius 1 is 1.56 bits per heavy atom. The summed E-state index contributed by atoms with van der Waals surface area (Å²) < 4.78 is 0. The number of hydrogen-bond donors (Lipinski definition) is 1. The van der Waals surface area contributed by atoms with Crippen LogP contribution >= 0.6 is 22.9 Å². The highest BCUT2D eigenvalue weighted by molar-refractivity contribution is 7.17. The molecule has 0 aromatic carbocycles. The first kappa shape index (κ1) is 11.4. The van der Waals surface area contributed by atoms with Crippen molar-refractivity contribution in [1.29, 1.82) is 0 Å². The van der Waals surface area contributed by atoms with Gasteiger partial charge in [0.05, 0.1) is 5.69 Å². The molecule has 0 aliphatic carbocycles. The highest BCUT2D eigenvalue weighted by Crippen LogP contribution is 2.31. The Hall–Kier alpha value is -1.13. The number of fused-ring (bicyclic) bond motifs is 1. The Morgan fingerprint density at radius 2 is 2.31 bits per heavy atom. The monoisotopic (exact) mass is 254 g/mol. The first-order valence-electron chi connectivity index (χ1n) is 4.83. The van der Waals surface area contributed by atoms with E-state index in [-0.39, 0.29) is 11.8 Å². The average Bonchev–Trinajstić information content (AvgIpc) is 2.61. The van der Waals surface area contributed by atoms with Crippen LogP contribution in [0.4, 0.5) is 5.69 Å². The summed E-state index contributed by atoms with van der Waals surface area (Å²) in [5.41, 5.74) is 2.91. The third-order valence-corrected chi connectivity index (χ3v) is 3.38. The molecule has 84 valence electrons. The fourth-order valence-corrected chi connectivity index (χ4v) is 2.72. The predicted octanol–water partition coefficient (Wildman–Crippen LogP) is 3.09. The molecule has 2 aromatic rings. The number of alkyl halides is 1. The summed E-state index contributed by atoms with van der Waals surface area (Å²) in [6.45, 7) is 3.98. The third kappa shape index (κ3) is 2.03. The van der Waals surface area contributed by atoms with E-state index < -0.39 is 0 Å². The van der Waals surface area contributed by atoms with Gasteiger partial charge in [0.1, 0.15) is 10.7 Å². The summed E-state index contributed by atoms with van der Waals surface area (Å²) in [6, 6.07) is 2.01. The first-order chi connectivity index (χ1) is 7.61. The van der Waals surface area contributed by atoms with Gasteiger partial charge in [0.25, 0.3) is 0 Å². The lowest BCUT2D eigenvalue weighted by molar-refractivity contribution is -0.113. The van der Waals surface area contributed by atoms with Crippen molar-refractivity contribution in [2.24, 2.45) is 0 Å². The summed E-state index contributed by atoms with van der Waals surface area (Å²) in [5.74, 6) is -0.225. The highest BCUT2D eigenvalue weighted by Gasteiger charge is 2.10. The number of pyridine rings is 1. The smallest absolute Gasteiger partial charge is 0.239 e. The number of halogens is 1. The van der Waals surface area contributed by atoms with E-state index in [1.807, 2.05) is 25.3 Å². The molecule has 1 N–H and O–H groups in total. The van der Waals surface area contributed by atoms with E-state index in [2.05, 4.69) is 10.3 Å². The fourth-order valence-electron chi connectivity index (χ4n) is 1.66. The lowest BCUT2D eigenvalue weighted by Crippen LogP contribution is -2.12. The second-order valence-corrected chi connectivity index (χ2v) is 4.72. The lowest BCUT2D eigenvalue weighted by Gasteiger charge is -2.03. The Bertz CT molecular complexity index is 550. The first-order valence-corrected chi connectivity index (χ1v) is 6.24. The molecule has 1 amide bonds. The minimum absolute atomic E-state index is 0.0321. The molecule has 0 aliphatic heterocycles. The number of aryl methyl sites for hydroxylation is 2. The summed E-state index contributed by atoms with van der Waals surface area (Å²) in [6.07, 6.45) is 0. The number of nitrogens with zero attached hydrogens (tertiary/aromatic N) is 1. The molecule has 5 heteroatoms. The molecule has 2 heterocycles. The zero-order chi connectivity index (χ0) is 11.7. The van der Waals surface area contributed by atoms with E-state index in [0.717, 1.165) is 27.2 Å². The molecule has 0 aliphatic rings. The van der Waals surface area contributed by atoms with E-state index in [1.165, 1.54) is 11.3 Å². The number of thiophene rings is 1. The van der Waals surface area contributed by atoms with Crippen LogP contribution in [0.1, 0.15) is 11.3 Å². The second-order valence-electron chi connectivity index (χ2n) is 3.59. The number of rotatable bonds is 2. The number of amides is 1. The SMILES string of the molecule is Cc1cc(C)c2c(NC(=O)CCl)csc2n1. The molecule has 2 rings (SSSR count). The number of anilines is 1. The van der Waals surface area contributed by atoms with Crippen molar-refractivity contribution in [3.05, 3.63) is 22.7 Å². The molecule has 0 saturated heterocycles. The Balaban J connectivity index is 2.52. The van der Waals surface area contributed by atoms with Crippen molar-refractivity contribution in [2.75, 3.05) is 11.2 Å². The quantitative estimate of drug-likeness (QED) is 0.837. The van der Waals surface area contributed by atoms with Crippen molar-refractivity contribution in [1.82, 2.24) is 4.98 Å². The summed E-state index contributed by atoms with van der Waals surface area (Å²) in [7, 11) is 0. The number of aromatic nitrogens is 1. The molecule has 0 spiro atoms. The molecule has 2 aromatic heterocycles. The van der Waals surface area contributed by atoms with E-state index in [4.69, 9.17) is 11.6 Å². The van der Waals surface area contributed by atoms with E-state index in [9.17, 15) is 4.79 Å². The van der Waals surface area contributed by atoms with E-state index >= 15 is 0 Å². The fraction of sp³-hybridized carbons (Fsp3) is 0.273. The number of carbonyl (C=O) groups is 1.